The van der Waals surface area contributed by atoms with Crippen molar-refractivity contribution in [3.63, 3.8) is 0 Å². The monoisotopic (exact) mass is 843 g/mol. The first kappa shape index (κ1) is 36.4. The van der Waals surface area contributed by atoms with E-state index in [1.54, 1.807) is 0 Å². The highest BCUT2D eigenvalue weighted by molar-refractivity contribution is 5.99. The van der Waals surface area contributed by atoms with Crippen molar-refractivity contribution in [2.45, 2.75) is 87.4 Å². The van der Waals surface area contributed by atoms with Crippen LogP contribution in [0.3, 0.4) is 0 Å². The summed E-state index contributed by atoms with van der Waals surface area (Å²) in [4.78, 5) is 17.2. The van der Waals surface area contributed by atoms with Gasteiger partial charge in [-0.15, -0.1) is 0 Å². The fraction of sp³-hybridized carbons (Fsp3) is 0.361. The molecule has 65 heavy (non-hydrogen) atoms. The molecule has 3 bridgehead atoms. The molecule has 6 unspecified atom stereocenters. The average molecular weight is 844 g/mol. The summed E-state index contributed by atoms with van der Waals surface area (Å²) in [6.07, 6.45) is 13.6. The van der Waals surface area contributed by atoms with Crippen molar-refractivity contribution in [3.05, 3.63) is 173 Å². The van der Waals surface area contributed by atoms with Crippen molar-refractivity contribution in [1.82, 2.24) is 15.0 Å². The summed E-state index contributed by atoms with van der Waals surface area (Å²) in [6, 6.07) is 51.8. The van der Waals surface area contributed by atoms with Gasteiger partial charge in [0, 0.05) is 27.7 Å². The first-order valence-electron chi connectivity index (χ1n) is 25.0. The Labute approximate surface area is 382 Å². The Balaban J connectivity index is 0.909. The van der Waals surface area contributed by atoms with Crippen LogP contribution in [0.5, 0.6) is 11.5 Å². The van der Waals surface area contributed by atoms with Gasteiger partial charge < -0.3 is 4.74 Å². The minimum atomic E-state index is -0.535. The number of para-hydroxylation sites is 2. The van der Waals surface area contributed by atoms with Gasteiger partial charge in [-0.2, -0.15) is 0 Å². The van der Waals surface area contributed by atoms with Gasteiger partial charge in [0.25, 0.3) is 0 Å². The predicted molar refractivity (Wildman–Crippen MR) is 256 cm³/mol. The number of benzene rings is 6. The summed E-state index contributed by atoms with van der Waals surface area (Å²) in [6.45, 7) is 2.51. The average Bonchev–Trinajstić information content (AvgIpc) is 3.81. The fourth-order valence-corrected chi connectivity index (χ4v) is 17.9. The molecule has 2 spiro atoms. The van der Waals surface area contributed by atoms with Crippen molar-refractivity contribution in [2.75, 3.05) is 0 Å². The molecule has 2 heterocycles. The van der Waals surface area contributed by atoms with E-state index in [4.69, 9.17) is 19.7 Å². The minimum absolute atomic E-state index is 0.0857. The van der Waals surface area contributed by atoms with Gasteiger partial charge >= 0.3 is 0 Å². The predicted octanol–water partition coefficient (Wildman–Crippen LogP) is 14.1. The maximum atomic E-state index is 6.69. The van der Waals surface area contributed by atoms with Crippen LogP contribution in [-0.2, 0) is 16.2 Å². The molecule has 1 aliphatic heterocycles. The van der Waals surface area contributed by atoms with Crippen LogP contribution in [0.25, 0.3) is 45.0 Å². The zero-order valence-corrected chi connectivity index (χ0v) is 37.1. The van der Waals surface area contributed by atoms with Crippen LogP contribution in [0.4, 0.5) is 0 Å². The highest BCUT2D eigenvalue weighted by atomic mass is 16.5. The molecule has 7 aromatic rings. The highest BCUT2D eigenvalue weighted by Crippen LogP contribution is 2.79. The molecule has 0 radical (unpaired) electrons. The second-order valence-electron chi connectivity index (χ2n) is 22.8. The van der Waals surface area contributed by atoms with E-state index in [1.165, 1.54) is 114 Å². The number of aromatic nitrogens is 3. The van der Waals surface area contributed by atoms with E-state index in [0.717, 1.165) is 81.5 Å². The van der Waals surface area contributed by atoms with Crippen LogP contribution >= 0.6 is 0 Å². The summed E-state index contributed by atoms with van der Waals surface area (Å²) in [7, 11) is 0. The zero-order valence-electron chi connectivity index (χ0n) is 37.1. The quantitative estimate of drug-likeness (QED) is 0.173. The summed E-state index contributed by atoms with van der Waals surface area (Å²) >= 11 is 0. The smallest absolute Gasteiger partial charge is 0.164 e. The Kier molecular flexibility index (Phi) is 6.89. The Morgan fingerprint density at radius 2 is 1.06 bits per heavy atom. The van der Waals surface area contributed by atoms with E-state index >= 15 is 0 Å². The Hall–Kier alpha value is -5.87. The van der Waals surface area contributed by atoms with E-state index < -0.39 is 5.41 Å². The van der Waals surface area contributed by atoms with E-state index in [9.17, 15) is 0 Å². The van der Waals surface area contributed by atoms with Gasteiger partial charge in [-0.25, -0.2) is 15.0 Å². The third-order valence-electron chi connectivity index (χ3n) is 20.0. The van der Waals surface area contributed by atoms with Gasteiger partial charge in [-0.3, -0.25) is 0 Å². The van der Waals surface area contributed by atoms with Crippen LogP contribution in [-0.4, -0.2) is 15.0 Å². The van der Waals surface area contributed by atoms with E-state index in [2.05, 4.69) is 146 Å². The standard InChI is InChI=1S/C61H53N3O/c1-58(31-37-26-36-27-38(32-58)53(36)37)57-63-55(62-56(64-57)45-16-5-6-18-46(45)59-29-35-25-39-28-40(33-59)60(39,30-35)34-59)43-14-3-2-13-41(43)42-17-12-22-50-54(42)44-15-4-7-19-47(44)61(50)48-20-8-10-23-51(48)65-52-24-11-9-21-49(52)61/h2-24,35-40,53H,25-34H2,1H3/t35-,36?,37-,38?,39-,40?,53?,58?,59?,60+/m1/s1. The van der Waals surface area contributed by atoms with E-state index in [1.807, 2.05) is 0 Å². The van der Waals surface area contributed by atoms with Crippen LogP contribution in [0, 0.1) is 46.8 Å². The molecular weight excluding hydrogens is 791 g/mol. The summed E-state index contributed by atoms with van der Waals surface area (Å²) in [5.41, 5.74) is 13.9. The molecule has 16 rings (SSSR count). The number of ether oxygens (including phenoxy) is 1. The number of hydrogen-bond acceptors (Lipinski definition) is 4. The summed E-state index contributed by atoms with van der Waals surface area (Å²) < 4.78 is 6.69. The number of nitrogens with zero attached hydrogens (tertiary/aromatic N) is 3. The molecule has 8 aliphatic carbocycles. The molecular formula is C61H53N3O. The van der Waals surface area contributed by atoms with Gasteiger partial charge in [0.1, 0.15) is 17.3 Å². The Bertz CT molecular complexity index is 3160. The molecule has 6 aromatic carbocycles. The Morgan fingerprint density at radius 3 is 1.80 bits per heavy atom. The molecule has 0 amide bonds. The van der Waals surface area contributed by atoms with Gasteiger partial charge in [0.05, 0.1) is 5.41 Å². The Morgan fingerprint density at radius 1 is 0.462 bits per heavy atom. The molecule has 0 N–H and O–H groups in total. The summed E-state index contributed by atoms with van der Waals surface area (Å²) in [5, 5.41) is 0. The second-order valence-corrected chi connectivity index (χ2v) is 22.8. The van der Waals surface area contributed by atoms with Crippen molar-refractivity contribution in [2.24, 2.45) is 46.8 Å². The summed E-state index contributed by atoms with van der Waals surface area (Å²) in [5.74, 6) is 10.8. The normalized spacial score (nSPS) is 33.6. The van der Waals surface area contributed by atoms with Crippen molar-refractivity contribution < 1.29 is 4.74 Å². The molecule has 318 valence electrons. The lowest BCUT2D eigenvalue weighted by molar-refractivity contribution is -0.142. The van der Waals surface area contributed by atoms with Gasteiger partial charge in [0.2, 0.25) is 0 Å². The lowest BCUT2D eigenvalue weighted by Gasteiger charge is -2.65. The molecule has 7 fully saturated rings. The topological polar surface area (TPSA) is 47.9 Å². The van der Waals surface area contributed by atoms with Gasteiger partial charge in [-0.1, -0.05) is 134 Å². The van der Waals surface area contributed by atoms with Crippen molar-refractivity contribution in [1.29, 1.82) is 0 Å². The molecule has 0 saturated heterocycles. The number of rotatable bonds is 5. The largest absolute Gasteiger partial charge is 0.457 e. The lowest BCUT2D eigenvalue weighted by Crippen LogP contribution is -2.58. The van der Waals surface area contributed by atoms with Crippen LogP contribution in [0.1, 0.15) is 105 Å². The van der Waals surface area contributed by atoms with E-state index in [0.29, 0.717) is 5.41 Å². The maximum absolute atomic E-state index is 6.69. The van der Waals surface area contributed by atoms with Gasteiger partial charge in [0.15, 0.2) is 11.6 Å². The fourth-order valence-electron chi connectivity index (χ4n) is 17.9. The minimum Gasteiger partial charge on any atom is -0.457 e. The molecule has 7 saturated carbocycles. The SMILES string of the molecule is CC1(c2nc(-c3ccccc3-c3cccc4c3-c3ccccc3C43c4ccccc4Oc4ccccc43)nc(-c3ccccc3C34CC5C[C@H]6C[C@H](C3)C[C@@]56C4)n2)CC2CC3C[C@H](C1)C32. The molecule has 4 heteroatoms. The van der Waals surface area contributed by atoms with E-state index in [-0.39, 0.29) is 10.8 Å². The second kappa shape index (κ2) is 12.3. The maximum Gasteiger partial charge on any atom is 0.164 e. The molecule has 9 aliphatic rings. The van der Waals surface area contributed by atoms with Gasteiger partial charge in [-0.05, 0) is 168 Å². The van der Waals surface area contributed by atoms with Crippen LogP contribution in [0.15, 0.2) is 140 Å². The molecule has 1 aromatic heterocycles. The van der Waals surface area contributed by atoms with Crippen molar-refractivity contribution >= 4 is 0 Å². The molecule has 10 atom stereocenters. The molecule has 4 nitrogen and oxygen atoms in total. The lowest BCUT2D eigenvalue weighted by atomic mass is 9.40. The number of hydrogen-bond donors (Lipinski definition) is 0. The first-order chi connectivity index (χ1) is 31.9. The van der Waals surface area contributed by atoms with Crippen LogP contribution < -0.4 is 4.74 Å². The third kappa shape index (κ3) is 4.48. The zero-order chi connectivity index (χ0) is 42.4. The van der Waals surface area contributed by atoms with Crippen molar-refractivity contribution in [3.8, 4) is 56.5 Å². The number of fused-ring (bicyclic) bond motifs is 11. The third-order valence-corrected chi connectivity index (χ3v) is 20.0. The first-order valence-corrected chi connectivity index (χ1v) is 25.0. The van der Waals surface area contributed by atoms with Crippen LogP contribution in [0.2, 0.25) is 0 Å². The highest BCUT2D eigenvalue weighted by Gasteiger charge is 2.71.